The van der Waals surface area contributed by atoms with Gasteiger partial charge >= 0.3 is 0 Å². The van der Waals surface area contributed by atoms with Crippen LogP contribution in [-0.4, -0.2) is 43.0 Å². The molecule has 6 heteroatoms. The molecule has 0 radical (unpaired) electrons. The Balaban J connectivity index is 1.91. The summed E-state index contributed by atoms with van der Waals surface area (Å²) >= 11 is 0. The summed E-state index contributed by atoms with van der Waals surface area (Å²) in [5, 5.41) is 2.58. The maximum absolute atomic E-state index is 13.1. The molecule has 4 nitrogen and oxygen atoms in total. The third-order valence-corrected chi connectivity index (χ3v) is 3.44. The first-order valence-electron chi connectivity index (χ1n) is 6.99. The number of hydrogen-bond donors (Lipinski definition) is 1. The molecule has 1 unspecified atom stereocenters. The number of carbonyl (C=O) groups is 1. The summed E-state index contributed by atoms with van der Waals surface area (Å²) in [6, 6.07) is 6.60. The molecule has 1 atom stereocenters. The van der Waals surface area contributed by atoms with Crippen molar-refractivity contribution >= 4 is 5.91 Å². The maximum atomic E-state index is 13.1. The van der Waals surface area contributed by atoms with Crippen LogP contribution < -0.4 is 10.1 Å². The molecule has 0 aliphatic carbocycles. The van der Waals surface area contributed by atoms with Gasteiger partial charge in [0.2, 0.25) is 5.91 Å². The molecular formula is C15H20F2N2O2. The molecule has 1 aromatic carbocycles. The lowest BCUT2D eigenvalue weighted by Crippen LogP contribution is -2.41. The number of ether oxygens (including phenoxy) is 1. The summed E-state index contributed by atoms with van der Waals surface area (Å²) in [4.78, 5) is 13.6. The average Bonchev–Trinajstić information content (AvgIpc) is 2.80. The van der Waals surface area contributed by atoms with E-state index in [0.717, 1.165) is 11.3 Å². The van der Waals surface area contributed by atoms with E-state index in [2.05, 4.69) is 5.32 Å². The molecule has 116 valence electrons. The van der Waals surface area contributed by atoms with Gasteiger partial charge in [-0.1, -0.05) is 12.1 Å². The lowest BCUT2D eigenvalue weighted by atomic mass is 10.1. The van der Waals surface area contributed by atoms with Crippen molar-refractivity contribution in [3.8, 4) is 5.75 Å². The molecule has 0 bridgehead atoms. The highest BCUT2D eigenvalue weighted by atomic mass is 19.3. The van der Waals surface area contributed by atoms with Crippen molar-refractivity contribution in [2.45, 2.75) is 31.9 Å². The first kappa shape index (κ1) is 15.7. The number of benzene rings is 1. The molecule has 1 saturated heterocycles. The van der Waals surface area contributed by atoms with Gasteiger partial charge in [0, 0.05) is 20.0 Å². The number of hydrogen-bond acceptors (Lipinski definition) is 3. The van der Waals surface area contributed by atoms with Crippen molar-refractivity contribution in [1.82, 2.24) is 10.2 Å². The lowest BCUT2D eigenvalue weighted by Gasteiger charge is -2.21. The van der Waals surface area contributed by atoms with Crippen LogP contribution in [0.4, 0.5) is 8.78 Å². The van der Waals surface area contributed by atoms with Gasteiger partial charge in [-0.2, -0.15) is 0 Å². The summed E-state index contributed by atoms with van der Waals surface area (Å²) in [6.45, 7) is 2.46. The van der Waals surface area contributed by atoms with Gasteiger partial charge in [0.15, 0.2) is 0 Å². The van der Waals surface area contributed by atoms with E-state index < -0.39 is 24.9 Å². The van der Waals surface area contributed by atoms with Crippen molar-refractivity contribution in [2.75, 3.05) is 20.2 Å². The zero-order valence-corrected chi connectivity index (χ0v) is 12.2. The number of nitrogens with zero attached hydrogens (tertiary/aromatic N) is 1. The molecular weight excluding hydrogens is 278 g/mol. The van der Waals surface area contributed by atoms with E-state index in [1.165, 1.54) is 4.90 Å². The minimum absolute atomic E-state index is 0.305. The molecule has 0 aromatic heterocycles. The second kappa shape index (κ2) is 6.39. The monoisotopic (exact) mass is 298 g/mol. The predicted molar refractivity (Wildman–Crippen MR) is 75.4 cm³/mol. The Labute approximate surface area is 123 Å². The Morgan fingerprint density at radius 2 is 2.10 bits per heavy atom. The van der Waals surface area contributed by atoms with Crippen molar-refractivity contribution in [2.24, 2.45) is 0 Å². The summed E-state index contributed by atoms with van der Waals surface area (Å²) in [6.07, 6.45) is -0.431. The summed E-state index contributed by atoms with van der Waals surface area (Å²) in [5.74, 6) is -2.33. The van der Waals surface area contributed by atoms with Crippen LogP contribution in [0.15, 0.2) is 24.3 Å². The lowest BCUT2D eigenvalue weighted by molar-refractivity contribution is -0.132. The van der Waals surface area contributed by atoms with E-state index in [1.54, 1.807) is 7.05 Å². The number of amides is 1. The molecule has 1 heterocycles. The second-order valence-electron chi connectivity index (χ2n) is 5.26. The molecule has 21 heavy (non-hydrogen) atoms. The van der Waals surface area contributed by atoms with Crippen LogP contribution in [0.1, 0.15) is 18.9 Å². The van der Waals surface area contributed by atoms with Crippen molar-refractivity contribution in [1.29, 1.82) is 0 Å². The Kier molecular flexibility index (Phi) is 4.77. The van der Waals surface area contributed by atoms with Crippen LogP contribution in [0, 0.1) is 0 Å². The number of nitrogens with one attached hydrogen (secondary N) is 1. The van der Waals surface area contributed by atoms with E-state index in [1.807, 2.05) is 31.2 Å². The Morgan fingerprint density at radius 1 is 1.43 bits per heavy atom. The summed E-state index contributed by atoms with van der Waals surface area (Å²) < 4.78 is 31.6. The molecule has 0 saturated carbocycles. The van der Waals surface area contributed by atoms with E-state index in [4.69, 9.17) is 4.74 Å². The molecule has 0 spiro atoms. The third-order valence-electron chi connectivity index (χ3n) is 3.44. The van der Waals surface area contributed by atoms with Gasteiger partial charge in [-0.3, -0.25) is 10.1 Å². The van der Waals surface area contributed by atoms with Gasteiger partial charge in [-0.15, -0.1) is 0 Å². The fraction of sp³-hybridized carbons (Fsp3) is 0.533. The van der Waals surface area contributed by atoms with Gasteiger partial charge in [0.1, 0.15) is 5.75 Å². The van der Waals surface area contributed by atoms with E-state index in [9.17, 15) is 13.6 Å². The smallest absolute Gasteiger partial charge is 0.262 e. The number of likely N-dealkylation sites (N-methyl/N-ethyl adjacent to an activating group) is 1. The summed E-state index contributed by atoms with van der Waals surface area (Å²) in [5.41, 5.74) is 0.930. The Bertz CT molecular complexity index is 491. The first-order valence-corrected chi connectivity index (χ1v) is 6.99. The van der Waals surface area contributed by atoms with E-state index in [0.29, 0.717) is 13.2 Å². The minimum atomic E-state index is -2.79. The minimum Gasteiger partial charge on any atom is -0.494 e. The van der Waals surface area contributed by atoms with Crippen molar-refractivity contribution < 1.29 is 18.3 Å². The quantitative estimate of drug-likeness (QED) is 0.904. The molecule has 1 amide bonds. The highest BCUT2D eigenvalue weighted by Gasteiger charge is 2.43. The zero-order chi connectivity index (χ0) is 15.5. The molecule has 1 aromatic rings. The van der Waals surface area contributed by atoms with Gasteiger partial charge in [0.25, 0.3) is 5.92 Å². The normalized spacial score (nSPS) is 20.3. The number of rotatable bonds is 5. The highest BCUT2D eigenvalue weighted by Crippen LogP contribution is 2.26. The fourth-order valence-corrected chi connectivity index (χ4v) is 2.37. The van der Waals surface area contributed by atoms with Crippen molar-refractivity contribution in [3.63, 3.8) is 0 Å². The summed E-state index contributed by atoms with van der Waals surface area (Å²) in [7, 11) is 1.62. The van der Waals surface area contributed by atoms with Crippen LogP contribution in [-0.2, 0) is 11.3 Å². The standard InChI is InChI=1S/C15H20F2N2O2/c1-3-21-12-6-4-11(5-7-12)9-19(2)14(20)13-8-15(16,17)10-18-13/h4-7,13,18H,3,8-10H2,1-2H3. The van der Waals surface area contributed by atoms with E-state index >= 15 is 0 Å². The predicted octanol–water partition coefficient (Wildman–Crippen LogP) is 2.04. The number of halogens is 2. The van der Waals surface area contributed by atoms with Gasteiger partial charge in [-0.25, -0.2) is 8.78 Å². The second-order valence-corrected chi connectivity index (χ2v) is 5.26. The maximum Gasteiger partial charge on any atom is 0.262 e. The average molecular weight is 298 g/mol. The molecule has 1 aliphatic heterocycles. The zero-order valence-electron chi connectivity index (χ0n) is 12.2. The molecule has 1 fully saturated rings. The Hall–Kier alpha value is -1.69. The SMILES string of the molecule is CCOc1ccc(CN(C)C(=O)C2CC(F)(F)CN2)cc1. The molecule has 1 aliphatic rings. The number of alkyl halides is 2. The van der Waals surface area contributed by atoms with Crippen LogP contribution in [0.2, 0.25) is 0 Å². The topological polar surface area (TPSA) is 41.6 Å². The van der Waals surface area contributed by atoms with Crippen molar-refractivity contribution in [3.05, 3.63) is 29.8 Å². The highest BCUT2D eigenvalue weighted by molar-refractivity contribution is 5.82. The van der Waals surface area contributed by atoms with Crippen LogP contribution in [0.3, 0.4) is 0 Å². The van der Waals surface area contributed by atoms with E-state index in [-0.39, 0.29) is 5.91 Å². The van der Waals surface area contributed by atoms with Crippen LogP contribution in [0.5, 0.6) is 5.75 Å². The first-order chi connectivity index (χ1) is 9.91. The fourth-order valence-electron chi connectivity index (χ4n) is 2.37. The molecule has 2 rings (SSSR count). The largest absolute Gasteiger partial charge is 0.494 e. The Morgan fingerprint density at radius 3 is 2.62 bits per heavy atom. The van der Waals surface area contributed by atoms with Gasteiger partial charge in [0.05, 0.1) is 19.2 Å². The van der Waals surface area contributed by atoms with Gasteiger partial charge < -0.3 is 9.64 Å². The molecule has 1 N–H and O–H groups in total. The van der Waals surface area contributed by atoms with Gasteiger partial charge in [-0.05, 0) is 24.6 Å². The number of carbonyl (C=O) groups excluding carboxylic acids is 1. The third kappa shape index (κ3) is 4.14. The van der Waals surface area contributed by atoms with Crippen LogP contribution >= 0.6 is 0 Å². The van der Waals surface area contributed by atoms with Crippen LogP contribution in [0.25, 0.3) is 0 Å².